The SMILES string of the molecule is C=CC(=O)OCCCCCCN(C)c1ccc(/N=N/c2ccc(S(=O)(=O)CC(C)CC)cc2)cc1. The Morgan fingerprint density at radius 2 is 1.57 bits per heavy atom. The van der Waals surface area contributed by atoms with Gasteiger partial charge in [0, 0.05) is 25.4 Å². The molecule has 0 radical (unpaired) electrons. The number of carbonyl (C=O) groups is 1. The molecule has 2 aromatic rings. The summed E-state index contributed by atoms with van der Waals surface area (Å²) in [6, 6.07) is 14.4. The summed E-state index contributed by atoms with van der Waals surface area (Å²) in [5, 5.41) is 8.50. The van der Waals surface area contributed by atoms with Gasteiger partial charge in [0.2, 0.25) is 0 Å². The Labute approximate surface area is 209 Å². The van der Waals surface area contributed by atoms with Crippen LogP contribution >= 0.6 is 0 Å². The molecule has 2 aromatic carbocycles. The third-order valence-corrected chi connectivity index (χ3v) is 7.77. The number of ether oxygens (including phenoxy) is 1. The minimum atomic E-state index is -3.28. The molecular weight excluding hydrogens is 462 g/mol. The van der Waals surface area contributed by atoms with Crippen molar-refractivity contribution in [2.45, 2.75) is 50.8 Å². The van der Waals surface area contributed by atoms with Crippen LogP contribution in [0.3, 0.4) is 0 Å². The Bertz CT molecular complexity index is 1060. The Balaban J connectivity index is 1.80. The monoisotopic (exact) mass is 499 g/mol. The number of carbonyl (C=O) groups excluding carboxylic acids is 1. The van der Waals surface area contributed by atoms with E-state index < -0.39 is 9.84 Å². The van der Waals surface area contributed by atoms with Crippen LogP contribution in [0.15, 0.2) is 76.3 Å². The molecule has 35 heavy (non-hydrogen) atoms. The van der Waals surface area contributed by atoms with E-state index >= 15 is 0 Å². The zero-order valence-electron chi connectivity index (χ0n) is 21.0. The molecule has 0 aliphatic heterocycles. The molecule has 0 bridgehead atoms. The highest BCUT2D eigenvalue weighted by atomic mass is 32.2. The third-order valence-electron chi connectivity index (χ3n) is 5.77. The van der Waals surface area contributed by atoms with Crippen LogP contribution in [0.1, 0.15) is 46.0 Å². The first-order chi connectivity index (χ1) is 16.7. The van der Waals surface area contributed by atoms with Crippen molar-refractivity contribution in [2.75, 3.05) is 30.9 Å². The van der Waals surface area contributed by atoms with E-state index in [4.69, 9.17) is 4.74 Å². The number of hydrogen-bond donors (Lipinski definition) is 0. The van der Waals surface area contributed by atoms with Gasteiger partial charge in [0.25, 0.3) is 0 Å². The molecule has 0 fully saturated rings. The minimum absolute atomic E-state index is 0.127. The van der Waals surface area contributed by atoms with Gasteiger partial charge in [-0.2, -0.15) is 10.2 Å². The molecule has 0 spiro atoms. The van der Waals surface area contributed by atoms with E-state index in [2.05, 4.69) is 28.8 Å². The van der Waals surface area contributed by atoms with Gasteiger partial charge in [-0.05, 0) is 73.7 Å². The fraction of sp³-hybridized carbons (Fsp3) is 0.444. The second kappa shape index (κ2) is 14.4. The molecule has 0 saturated heterocycles. The number of unbranched alkanes of at least 4 members (excludes halogenated alkanes) is 3. The largest absolute Gasteiger partial charge is 0.463 e. The molecule has 0 amide bonds. The number of nitrogens with zero attached hydrogens (tertiary/aromatic N) is 3. The normalized spacial score (nSPS) is 12.4. The first-order valence-corrected chi connectivity index (χ1v) is 13.8. The van der Waals surface area contributed by atoms with Crippen LogP contribution < -0.4 is 4.90 Å². The van der Waals surface area contributed by atoms with Crippen LogP contribution in [0.4, 0.5) is 17.1 Å². The van der Waals surface area contributed by atoms with Gasteiger partial charge in [0.15, 0.2) is 9.84 Å². The number of sulfone groups is 1. The third kappa shape index (κ3) is 10.0. The second-order valence-electron chi connectivity index (χ2n) is 8.71. The van der Waals surface area contributed by atoms with Crippen LogP contribution in [0.5, 0.6) is 0 Å². The molecule has 1 atom stereocenters. The van der Waals surface area contributed by atoms with Gasteiger partial charge in [-0.15, -0.1) is 0 Å². The number of benzene rings is 2. The summed E-state index contributed by atoms with van der Waals surface area (Å²) in [6.07, 6.45) is 6.01. The summed E-state index contributed by atoms with van der Waals surface area (Å²) in [4.78, 5) is 13.5. The molecule has 0 aliphatic rings. The van der Waals surface area contributed by atoms with Crippen LogP contribution in [-0.2, 0) is 19.4 Å². The van der Waals surface area contributed by atoms with Gasteiger partial charge >= 0.3 is 5.97 Å². The van der Waals surface area contributed by atoms with Crippen molar-refractivity contribution < 1.29 is 17.9 Å². The summed E-state index contributed by atoms with van der Waals surface area (Å²) >= 11 is 0. The number of azo groups is 1. The van der Waals surface area contributed by atoms with E-state index in [0.717, 1.165) is 50.0 Å². The van der Waals surface area contributed by atoms with E-state index in [9.17, 15) is 13.2 Å². The zero-order chi connectivity index (χ0) is 25.7. The van der Waals surface area contributed by atoms with E-state index in [-0.39, 0.29) is 17.6 Å². The fourth-order valence-electron chi connectivity index (χ4n) is 3.36. The second-order valence-corrected chi connectivity index (χ2v) is 10.7. The molecule has 0 saturated carbocycles. The Morgan fingerprint density at radius 1 is 1.00 bits per heavy atom. The molecule has 1 unspecified atom stereocenters. The molecule has 0 aromatic heterocycles. The standard InChI is InChI=1S/C27H37N3O4S/c1-5-22(3)21-35(32,33)26-17-13-24(14-18-26)29-28-23-11-15-25(16-12-23)30(4)19-9-7-8-10-20-34-27(31)6-2/h6,11-18,22H,2,5,7-10,19-21H2,1,3-4H3/b29-28+. The lowest BCUT2D eigenvalue weighted by molar-refractivity contribution is -0.137. The predicted molar refractivity (Wildman–Crippen MR) is 141 cm³/mol. The molecule has 0 aliphatic carbocycles. The highest BCUT2D eigenvalue weighted by molar-refractivity contribution is 7.91. The summed E-state index contributed by atoms with van der Waals surface area (Å²) in [5.41, 5.74) is 2.43. The van der Waals surface area contributed by atoms with Crippen molar-refractivity contribution in [3.8, 4) is 0 Å². The summed E-state index contributed by atoms with van der Waals surface area (Å²) in [7, 11) is -1.23. The summed E-state index contributed by atoms with van der Waals surface area (Å²) in [5.74, 6) is -0.0891. The first-order valence-electron chi connectivity index (χ1n) is 12.1. The van der Waals surface area contributed by atoms with Crippen molar-refractivity contribution in [3.63, 3.8) is 0 Å². The lowest BCUT2D eigenvalue weighted by Crippen LogP contribution is -2.18. The van der Waals surface area contributed by atoms with Crippen LogP contribution in [0.25, 0.3) is 0 Å². The zero-order valence-corrected chi connectivity index (χ0v) is 21.8. The van der Waals surface area contributed by atoms with Gasteiger partial charge in [0.05, 0.1) is 28.6 Å². The Hall–Kier alpha value is -3.00. The molecule has 2 rings (SSSR count). The highest BCUT2D eigenvalue weighted by Gasteiger charge is 2.17. The molecular formula is C27H37N3O4S. The van der Waals surface area contributed by atoms with Crippen molar-refractivity contribution >= 4 is 32.9 Å². The first kappa shape index (κ1) is 28.2. The van der Waals surface area contributed by atoms with E-state index in [1.54, 1.807) is 24.3 Å². The fourth-order valence-corrected chi connectivity index (χ4v) is 5.09. The smallest absolute Gasteiger partial charge is 0.330 e. The minimum Gasteiger partial charge on any atom is -0.463 e. The average molecular weight is 500 g/mol. The van der Waals surface area contributed by atoms with Crippen LogP contribution in [-0.4, -0.2) is 40.3 Å². The average Bonchev–Trinajstić information content (AvgIpc) is 2.86. The molecule has 7 nitrogen and oxygen atoms in total. The maximum absolute atomic E-state index is 12.5. The lowest BCUT2D eigenvalue weighted by Gasteiger charge is -2.19. The van der Waals surface area contributed by atoms with Crippen molar-refractivity contribution in [1.29, 1.82) is 0 Å². The Kier molecular flexibility index (Phi) is 11.6. The van der Waals surface area contributed by atoms with Gasteiger partial charge in [-0.25, -0.2) is 13.2 Å². The predicted octanol–water partition coefficient (Wildman–Crippen LogP) is 6.65. The summed E-state index contributed by atoms with van der Waals surface area (Å²) in [6.45, 7) is 8.68. The van der Waals surface area contributed by atoms with E-state index in [0.29, 0.717) is 17.2 Å². The number of hydrogen-bond acceptors (Lipinski definition) is 7. The van der Waals surface area contributed by atoms with Gasteiger partial charge in [-0.3, -0.25) is 0 Å². The van der Waals surface area contributed by atoms with E-state index in [1.165, 1.54) is 6.08 Å². The van der Waals surface area contributed by atoms with Gasteiger partial charge < -0.3 is 9.64 Å². The van der Waals surface area contributed by atoms with Crippen molar-refractivity contribution in [1.82, 2.24) is 0 Å². The Morgan fingerprint density at radius 3 is 2.14 bits per heavy atom. The molecule has 8 heteroatoms. The topological polar surface area (TPSA) is 88.4 Å². The maximum Gasteiger partial charge on any atom is 0.330 e. The summed E-state index contributed by atoms with van der Waals surface area (Å²) < 4.78 is 29.9. The van der Waals surface area contributed by atoms with Gasteiger partial charge in [-0.1, -0.05) is 33.3 Å². The quantitative estimate of drug-likeness (QED) is 0.118. The number of esters is 1. The molecule has 190 valence electrons. The number of anilines is 1. The van der Waals surface area contributed by atoms with E-state index in [1.807, 2.05) is 38.1 Å². The van der Waals surface area contributed by atoms with Crippen LogP contribution in [0.2, 0.25) is 0 Å². The van der Waals surface area contributed by atoms with Gasteiger partial charge in [0.1, 0.15) is 0 Å². The maximum atomic E-state index is 12.5. The molecule has 0 heterocycles. The lowest BCUT2D eigenvalue weighted by atomic mass is 10.2. The number of rotatable bonds is 15. The molecule has 0 N–H and O–H groups in total. The highest BCUT2D eigenvalue weighted by Crippen LogP contribution is 2.24. The van der Waals surface area contributed by atoms with Crippen molar-refractivity contribution in [3.05, 3.63) is 61.2 Å². The van der Waals surface area contributed by atoms with Crippen LogP contribution in [0, 0.1) is 5.92 Å². The van der Waals surface area contributed by atoms with Crippen molar-refractivity contribution in [2.24, 2.45) is 16.1 Å².